The number of methoxy groups -OCH3 is 1. The molecule has 1 amide bonds. The number of fused-ring (bicyclic) bond motifs is 1. The summed E-state index contributed by atoms with van der Waals surface area (Å²) in [5.41, 5.74) is -0.895. The van der Waals surface area contributed by atoms with Crippen molar-refractivity contribution in [2.24, 2.45) is 0 Å². The van der Waals surface area contributed by atoms with E-state index in [4.69, 9.17) is 4.74 Å². The van der Waals surface area contributed by atoms with Gasteiger partial charge in [0.1, 0.15) is 5.56 Å². The SMILES string of the molecule is COc1c(F)c(F)cc2c(=O)c(C(=O)NC3CCS(=O)(=O)C3)cn(C3CC3)c12. The number of pyridine rings is 1. The average molecular weight is 412 g/mol. The maximum atomic E-state index is 14.2. The van der Waals surface area contributed by atoms with E-state index in [9.17, 15) is 26.8 Å². The highest BCUT2D eigenvalue weighted by atomic mass is 32.2. The molecule has 1 aromatic carbocycles. The molecule has 1 atom stereocenters. The van der Waals surface area contributed by atoms with Crippen LogP contribution < -0.4 is 15.5 Å². The van der Waals surface area contributed by atoms with Crippen LogP contribution in [0.4, 0.5) is 8.78 Å². The predicted molar refractivity (Wildman–Crippen MR) is 97.5 cm³/mol. The summed E-state index contributed by atoms with van der Waals surface area (Å²) < 4.78 is 57.9. The average Bonchev–Trinajstić information content (AvgIpc) is 3.41. The lowest BCUT2D eigenvalue weighted by molar-refractivity contribution is 0.0939. The molecule has 1 aliphatic heterocycles. The molecule has 10 heteroatoms. The molecule has 2 fully saturated rings. The fraction of sp³-hybridized carbons (Fsp3) is 0.444. The molecule has 2 aliphatic rings. The molecule has 1 saturated carbocycles. The van der Waals surface area contributed by atoms with Crippen molar-refractivity contribution in [2.75, 3.05) is 18.6 Å². The molecule has 7 nitrogen and oxygen atoms in total. The molecule has 4 rings (SSSR count). The number of aromatic nitrogens is 1. The normalized spacial score (nSPS) is 21.0. The Morgan fingerprint density at radius 3 is 2.57 bits per heavy atom. The van der Waals surface area contributed by atoms with E-state index in [2.05, 4.69) is 5.32 Å². The minimum absolute atomic E-state index is 0.0241. The molecule has 1 N–H and O–H groups in total. The van der Waals surface area contributed by atoms with Crippen molar-refractivity contribution in [2.45, 2.75) is 31.3 Å². The van der Waals surface area contributed by atoms with Crippen LogP contribution in [0.2, 0.25) is 0 Å². The van der Waals surface area contributed by atoms with Gasteiger partial charge in [0.15, 0.2) is 21.4 Å². The molecular formula is C18H18F2N2O5S. The number of rotatable bonds is 4. The van der Waals surface area contributed by atoms with Crippen LogP contribution in [0, 0.1) is 11.6 Å². The first-order valence-corrected chi connectivity index (χ1v) is 10.7. The molecule has 28 heavy (non-hydrogen) atoms. The van der Waals surface area contributed by atoms with Gasteiger partial charge in [-0.15, -0.1) is 0 Å². The standard InChI is InChI=1S/C18H18F2N2O5S/c1-27-17-14(20)13(19)6-11-15(17)22(10-2-3-10)7-12(16(11)23)18(24)21-9-4-5-28(25,26)8-9/h6-7,9-10H,2-5,8H2,1H3,(H,21,24). The van der Waals surface area contributed by atoms with E-state index in [0.29, 0.717) is 0 Å². The number of hydrogen-bond donors (Lipinski definition) is 1. The second-order valence-corrected chi connectivity index (χ2v) is 9.41. The molecule has 2 heterocycles. The van der Waals surface area contributed by atoms with Crippen LogP contribution in [-0.2, 0) is 9.84 Å². The molecule has 0 spiro atoms. The zero-order chi connectivity index (χ0) is 20.2. The summed E-state index contributed by atoms with van der Waals surface area (Å²) in [5, 5.41) is 2.41. The molecule has 1 unspecified atom stereocenters. The Hall–Kier alpha value is -2.49. The molecule has 0 bridgehead atoms. The maximum absolute atomic E-state index is 14.2. The Balaban J connectivity index is 1.84. The fourth-order valence-corrected chi connectivity index (χ4v) is 5.26. The number of hydrogen-bond acceptors (Lipinski definition) is 5. The van der Waals surface area contributed by atoms with E-state index in [0.717, 1.165) is 18.9 Å². The van der Waals surface area contributed by atoms with Crippen molar-refractivity contribution in [3.63, 3.8) is 0 Å². The van der Waals surface area contributed by atoms with E-state index in [1.165, 1.54) is 13.3 Å². The second kappa shape index (κ2) is 6.54. The number of benzene rings is 1. The highest BCUT2D eigenvalue weighted by Crippen LogP contribution is 2.40. The van der Waals surface area contributed by atoms with Crippen molar-refractivity contribution in [1.82, 2.24) is 9.88 Å². The van der Waals surface area contributed by atoms with Gasteiger partial charge in [-0.05, 0) is 25.3 Å². The minimum Gasteiger partial charge on any atom is -0.491 e. The number of carbonyl (C=O) groups is 1. The topological polar surface area (TPSA) is 94.5 Å². The molecular weight excluding hydrogens is 394 g/mol. The third kappa shape index (κ3) is 3.15. The Kier molecular flexibility index (Phi) is 4.40. The number of halogens is 2. The Labute approximate surface area is 159 Å². The number of ether oxygens (including phenoxy) is 1. The zero-order valence-electron chi connectivity index (χ0n) is 15.0. The lowest BCUT2D eigenvalue weighted by Gasteiger charge is -2.17. The van der Waals surface area contributed by atoms with Gasteiger partial charge in [-0.2, -0.15) is 4.39 Å². The van der Waals surface area contributed by atoms with Crippen molar-refractivity contribution >= 4 is 26.6 Å². The van der Waals surface area contributed by atoms with Gasteiger partial charge in [-0.1, -0.05) is 0 Å². The second-order valence-electron chi connectivity index (χ2n) is 7.19. The van der Waals surface area contributed by atoms with Gasteiger partial charge in [0.05, 0.1) is 29.5 Å². The van der Waals surface area contributed by atoms with E-state index in [1.54, 1.807) is 4.57 Å². The first kappa shape index (κ1) is 18.9. The molecule has 0 radical (unpaired) electrons. The van der Waals surface area contributed by atoms with Crippen LogP contribution in [0.3, 0.4) is 0 Å². The first-order chi connectivity index (χ1) is 13.2. The number of nitrogens with zero attached hydrogens (tertiary/aromatic N) is 1. The zero-order valence-corrected chi connectivity index (χ0v) is 15.8. The summed E-state index contributed by atoms with van der Waals surface area (Å²) in [7, 11) is -2.02. The summed E-state index contributed by atoms with van der Waals surface area (Å²) in [6, 6.07) is 0.132. The van der Waals surface area contributed by atoms with Crippen molar-refractivity contribution in [3.8, 4) is 5.75 Å². The van der Waals surface area contributed by atoms with Gasteiger partial charge in [0.25, 0.3) is 5.91 Å². The summed E-state index contributed by atoms with van der Waals surface area (Å²) >= 11 is 0. The smallest absolute Gasteiger partial charge is 0.257 e. The van der Waals surface area contributed by atoms with E-state index in [1.807, 2.05) is 0 Å². The van der Waals surface area contributed by atoms with Gasteiger partial charge in [0.2, 0.25) is 11.2 Å². The summed E-state index contributed by atoms with van der Waals surface area (Å²) in [4.78, 5) is 25.5. The van der Waals surface area contributed by atoms with E-state index < -0.39 is 38.8 Å². The first-order valence-electron chi connectivity index (χ1n) is 8.84. The van der Waals surface area contributed by atoms with Crippen LogP contribution in [0.25, 0.3) is 10.9 Å². The highest BCUT2D eigenvalue weighted by Gasteiger charge is 2.32. The van der Waals surface area contributed by atoms with Crippen molar-refractivity contribution in [3.05, 3.63) is 39.7 Å². The van der Waals surface area contributed by atoms with Gasteiger partial charge in [-0.3, -0.25) is 9.59 Å². The fourth-order valence-electron chi connectivity index (χ4n) is 3.59. The lowest BCUT2D eigenvalue weighted by Crippen LogP contribution is -2.38. The van der Waals surface area contributed by atoms with E-state index >= 15 is 0 Å². The van der Waals surface area contributed by atoms with Crippen LogP contribution in [0.15, 0.2) is 17.1 Å². The maximum Gasteiger partial charge on any atom is 0.257 e. The third-order valence-corrected chi connectivity index (χ3v) is 6.89. The van der Waals surface area contributed by atoms with E-state index in [-0.39, 0.29) is 46.2 Å². The summed E-state index contributed by atoms with van der Waals surface area (Å²) in [5.74, 6) is -3.76. The summed E-state index contributed by atoms with van der Waals surface area (Å²) in [6.07, 6.45) is 3.12. The molecule has 150 valence electrons. The number of sulfone groups is 1. The molecule has 1 aromatic heterocycles. The van der Waals surface area contributed by atoms with Crippen molar-refractivity contribution < 1.29 is 26.7 Å². The third-order valence-electron chi connectivity index (χ3n) is 5.12. The van der Waals surface area contributed by atoms with Gasteiger partial charge in [-0.25, -0.2) is 12.8 Å². The minimum atomic E-state index is -3.20. The molecule has 2 aromatic rings. The largest absolute Gasteiger partial charge is 0.491 e. The molecule has 1 saturated heterocycles. The Bertz CT molecular complexity index is 1160. The monoisotopic (exact) mass is 412 g/mol. The predicted octanol–water partition coefficient (Wildman–Crippen LogP) is 1.54. The number of amides is 1. The Morgan fingerprint density at radius 2 is 2.00 bits per heavy atom. The summed E-state index contributed by atoms with van der Waals surface area (Å²) in [6.45, 7) is 0. The van der Waals surface area contributed by atoms with Crippen molar-refractivity contribution in [1.29, 1.82) is 0 Å². The van der Waals surface area contributed by atoms with Gasteiger partial charge < -0.3 is 14.6 Å². The van der Waals surface area contributed by atoms with Crippen LogP contribution in [-0.4, -0.2) is 43.5 Å². The highest BCUT2D eigenvalue weighted by molar-refractivity contribution is 7.91. The Morgan fingerprint density at radius 1 is 1.29 bits per heavy atom. The van der Waals surface area contributed by atoms with Gasteiger partial charge >= 0.3 is 0 Å². The quantitative estimate of drug-likeness (QED) is 0.822. The molecule has 1 aliphatic carbocycles. The van der Waals surface area contributed by atoms with Crippen LogP contribution >= 0.6 is 0 Å². The van der Waals surface area contributed by atoms with Gasteiger partial charge in [0, 0.05) is 18.3 Å². The van der Waals surface area contributed by atoms with Crippen LogP contribution in [0.5, 0.6) is 5.75 Å². The number of nitrogens with one attached hydrogen (secondary N) is 1. The van der Waals surface area contributed by atoms with Crippen LogP contribution in [0.1, 0.15) is 35.7 Å². The lowest BCUT2D eigenvalue weighted by atomic mass is 10.1. The number of carbonyl (C=O) groups excluding carboxylic acids is 1.